The number of nitrogens with one attached hydrogen (secondary N) is 1. The summed E-state index contributed by atoms with van der Waals surface area (Å²) in [4.78, 5) is 11.5. The number of nitrogen functional groups attached to an aromatic ring is 1. The van der Waals surface area contributed by atoms with Crippen molar-refractivity contribution < 1.29 is 9.53 Å². The third kappa shape index (κ3) is 2.45. The molecule has 0 unspecified atom stereocenters. The largest absolute Gasteiger partial charge is 0.451 e. The van der Waals surface area contributed by atoms with Crippen LogP contribution in [0.5, 0.6) is 11.5 Å². The maximum atomic E-state index is 11.5. The van der Waals surface area contributed by atoms with Gasteiger partial charge in [-0.05, 0) is 32.0 Å². The summed E-state index contributed by atoms with van der Waals surface area (Å²) in [6.45, 7) is 3.79. The van der Waals surface area contributed by atoms with Crippen molar-refractivity contribution >= 4 is 11.6 Å². The fourth-order valence-electron chi connectivity index (χ4n) is 1.94. The highest BCUT2D eigenvalue weighted by Crippen LogP contribution is 2.32. The third-order valence-corrected chi connectivity index (χ3v) is 3.15. The van der Waals surface area contributed by atoms with Crippen molar-refractivity contribution in [3.05, 3.63) is 35.2 Å². The van der Waals surface area contributed by atoms with Crippen molar-refractivity contribution in [1.82, 2.24) is 15.1 Å². The van der Waals surface area contributed by atoms with Crippen LogP contribution in [0.25, 0.3) is 0 Å². The van der Waals surface area contributed by atoms with Crippen LogP contribution in [0.4, 0.5) is 5.69 Å². The number of hydrogen-bond donors (Lipinski definition) is 2. The number of nitrogens with zero attached hydrogens (tertiary/aromatic N) is 2. The van der Waals surface area contributed by atoms with E-state index in [1.54, 1.807) is 29.9 Å². The Morgan fingerprint density at radius 2 is 2.10 bits per heavy atom. The Morgan fingerprint density at radius 3 is 2.60 bits per heavy atom. The lowest BCUT2D eigenvalue weighted by Gasteiger charge is -2.10. The summed E-state index contributed by atoms with van der Waals surface area (Å²) in [5.41, 5.74) is 8.55. The highest BCUT2D eigenvalue weighted by molar-refractivity contribution is 5.95. The maximum absolute atomic E-state index is 11.5. The van der Waals surface area contributed by atoms with Crippen LogP contribution in [0, 0.1) is 13.8 Å². The van der Waals surface area contributed by atoms with Crippen molar-refractivity contribution in [3.8, 4) is 11.5 Å². The quantitative estimate of drug-likeness (QED) is 0.836. The summed E-state index contributed by atoms with van der Waals surface area (Å²) in [5, 5.41) is 6.83. The molecule has 0 spiro atoms. The number of rotatable bonds is 3. The van der Waals surface area contributed by atoms with Gasteiger partial charge in [-0.3, -0.25) is 9.48 Å². The summed E-state index contributed by atoms with van der Waals surface area (Å²) in [5.74, 6) is 1.01. The molecule has 1 amide bonds. The molecular weight excluding hydrogens is 256 g/mol. The Labute approximate surface area is 117 Å². The first-order valence-electron chi connectivity index (χ1n) is 6.23. The summed E-state index contributed by atoms with van der Waals surface area (Å²) in [7, 11) is 3.43. The van der Waals surface area contributed by atoms with Gasteiger partial charge in [0.25, 0.3) is 5.91 Å². The van der Waals surface area contributed by atoms with Gasteiger partial charge in [-0.15, -0.1) is 0 Å². The lowest BCUT2D eigenvalue weighted by Crippen LogP contribution is -2.17. The van der Waals surface area contributed by atoms with Crippen LogP contribution < -0.4 is 15.8 Å². The zero-order chi connectivity index (χ0) is 14.9. The van der Waals surface area contributed by atoms with Crippen molar-refractivity contribution in [2.75, 3.05) is 12.8 Å². The molecule has 0 fully saturated rings. The Bertz CT molecular complexity index is 661. The van der Waals surface area contributed by atoms with Crippen LogP contribution in [0.3, 0.4) is 0 Å². The fourth-order valence-corrected chi connectivity index (χ4v) is 1.94. The normalized spacial score (nSPS) is 10.4. The summed E-state index contributed by atoms with van der Waals surface area (Å²) in [6.07, 6.45) is 0. The zero-order valence-electron chi connectivity index (χ0n) is 12.0. The van der Waals surface area contributed by atoms with Crippen molar-refractivity contribution in [1.29, 1.82) is 0 Å². The average Bonchev–Trinajstić information content (AvgIpc) is 2.66. The molecule has 0 aliphatic heterocycles. The van der Waals surface area contributed by atoms with E-state index < -0.39 is 0 Å². The van der Waals surface area contributed by atoms with E-state index in [0.29, 0.717) is 22.7 Å². The van der Waals surface area contributed by atoms with Crippen molar-refractivity contribution in [2.24, 2.45) is 7.05 Å². The number of benzene rings is 1. The number of hydrogen-bond acceptors (Lipinski definition) is 4. The second-order valence-corrected chi connectivity index (χ2v) is 4.56. The number of nitrogens with two attached hydrogens (primary N) is 1. The molecule has 20 heavy (non-hydrogen) atoms. The van der Waals surface area contributed by atoms with E-state index in [1.807, 2.05) is 20.9 Å². The minimum Gasteiger partial charge on any atom is -0.451 e. The topological polar surface area (TPSA) is 82.2 Å². The van der Waals surface area contributed by atoms with Gasteiger partial charge in [-0.2, -0.15) is 5.10 Å². The molecule has 1 aromatic heterocycles. The molecule has 0 aliphatic rings. The Kier molecular flexibility index (Phi) is 3.65. The van der Waals surface area contributed by atoms with Gasteiger partial charge in [0.2, 0.25) is 0 Å². The van der Waals surface area contributed by atoms with E-state index in [9.17, 15) is 4.79 Å². The molecule has 1 aromatic carbocycles. The molecule has 3 N–H and O–H groups in total. The highest BCUT2D eigenvalue weighted by atomic mass is 16.5. The van der Waals surface area contributed by atoms with E-state index in [2.05, 4.69) is 10.4 Å². The molecule has 2 aromatic rings. The fraction of sp³-hybridized carbons (Fsp3) is 0.286. The average molecular weight is 274 g/mol. The van der Waals surface area contributed by atoms with Gasteiger partial charge in [0.1, 0.15) is 5.69 Å². The van der Waals surface area contributed by atoms with Crippen LogP contribution in [0.1, 0.15) is 21.7 Å². The molecule has 0 aliphatic carbocycles. The van der Waals surface area contributed by atoms with Crippen LogP contribution in [-0.2, 0) is 7.05 Å². The molecule has 0 atom stereocenters. The van der Waals surface area contributed by atoms with Crippen LogP contribution >= 0.6 is 0 Å². The van der Waals surface area contributed by atoms with Gasteiger partial charge in [0.15, 0.2) is 11.5 Å². The molecule has 106 valence electrons. The predicted molar refractivity (Wildman–Crippen MR) is 77.0 cm³/mol. The second kappa shape index (κ2) is 5.24. The number of carbonyl (C=O) groups excluding carboxylic acids is 1. The Hall–Kier alpha value is -2.50. The lowest BCUT2D eigenvalue weighted by atomic mass is 10.2. The standard InChI is InChI=1S/C14H18N4O2/c1-8-13(9(2)18(4)17-8)20-12-6-5-10(7-11(12)15)14(19)16-3/h5-7H,15H2,1-4H3,(H,16,19). The van der Waals surface area contributed by atoms with Gasteiger partial charge in [0.05, 0.1) is 11.4 Å². The minimum absolute atomic E-state index is 0.183. The number of carbonyl (C=O) groups is 1. The maximum Gasteiger partial charge on any atom is 0.251 e. The molecule has 0 saturated carbocycles. The first kappa shape index (κ1) is 13.9. The SMILES string of the molecule is CNC(=O)c1ccc(Oc2c(C)nn(C)c2C)c(N)c1. The number of aromatic nitrogens is 2. The number of amides is 1. The molecule has 6 nitrogen and oxygen atoms in total. The first-order chi connectivity index (χ1) is 9.43. The summed E-state index contributed by atoms with van der Waals surface area (Å²) >= 11 is 0. The first-order valence-corrected chi connectivity index (χ1v) is 6.23. The van der Waals surface area contributed by atoms with E-state index in [1.165, 1.54) is 0 Å². The monoisotopic (exact) mass is 274 g/mol. The number of ether oxygens (including phenoxy) is 1. The van der Waals surface area contributed by atoms with Crippen LogP contribution in [0.2, 0.25) is 0 Å². The predicted octanol–water partition coefficient (Wildman–Crippen LogP) is 1.77. The van der Waals surface area contributed by atoms with Gasteiger partial charge < -0.3 is 15.8 Å². The lowest BCUT2D eigenvalue weighted by molar-refractivity contribution is 0.0963. The summed E-state index contributed by atoms with van der Waals surface area (Å²) < 4.78 is 7.57. The molecule has 2 rings (SSSR count). The molecule has 0 radical (unpaired) electrons. The molecule has 1 heterocycles. The smallest absolute Gasteiger partial charge is 0.251 e. The van der Waals surface area contributed by atoms with Gasteiger partial charge in [0, 0.05) is 19.7 Å². The van der Waals surface area contributed by atoms with Crippen LogP contribution in [0.15, 0.2) is 18.2 Å². The van der Waals surface area contributed by atoms with E-state index in [0.717, 1.165) is 11.4 Å². The molecular formula is C14H18N4O2. The van der Waals surface area contributed by atoms with E-state index in [4.69, 9.17) is 10.5 Å². The number of aryl methyl sites for hydroxylation is 2. The van der Waals surface area contributed by atoms with Gasteiger partial charge >= 0.3 is 0 Å². The van der Waals surface area contributed by atoms with Gasteiger partial charge in [-0.1, -0.05) is 0 Å². The number of anilines is 1. The Morgan fingerprint density at radius 1 is 1.40 bits per heavy atom. The van der Waals surface area contributed by atoms with Crippen molar-refractivity contribution in [2.45, 2.75) is 13.8 Å². The van der Waals surface area contributed by atoms with Crippen molar-refractivity contribution in [3.63, 3.8) is 0 Å². The molecule has 0 saturated heterocycles. The zero-order valence-corrected chi connectivity index (χ0v) is 12.0. The third-order valence-electron chi connectivity index (χ3n) is 3.15. The summed E-state index contributed by atoms with van der Waals surface area (Å²) in [6, 6.07) is 4.95. The molecule has 0 bridgehead atoms. The van der Waals surface area contributed by atoms with Crippen LogP contribution in [-0.4, -0.2) is 22.7 Å². The minimum atomic E-state index is -0.183. The van der Waals surface area contributed by atoms with E-state index in [-0.39, 0.29) is 5.91 Å². The van der Waals surface area contributed by atoms with E-state index >= 15 is 0 Å². The second-order valence-electron chi connectivity index (χ2n) is 4.56. The Balaban J connectivity index is 2.33. The van der Waals surface area contributed by atoms with Gasteiger partial charge in [-0.25, -0.2) is 0 Å². The molecule has 6 heteroatoms. The highest BCUT2D eigenvalue weighted by Gasteiger charge is 2.14.